The zero-order chi connectivity index (χ0) is 32.4. The largest absolute Gasteiger partial charge is 0.488 e. The molecule has 3 aromatic rings. The van der Waals surface area contributed by atoms with Crippen LogP contribution in [0.25, 0.3) is 22.0 Å². The molecule has 10 nitrogen and oxygen atoms in total. The third-order valence-corrected chi connectivity index (χ3v) is 9.15. The molecule has 0 bridgehead atoms. The van der Waals surface area contributed by atoms with Crippen LogP contribution in [0.2, 0.25) is 0 Å². The molecule has 3 aliphatic heterocycles. The van der Waals surface area contributed by atoms with E-state index in [1.54, 1.807) is 15.5 Å². The van der Waals surface area contributed by atoms with Gasteiger partial charge >= 0.3 is 5.69 Å². The van der Waals surface area contributed by atoms with E-state index in [1.807, 2.05) is 39.8 Å². The van der Waals surface area contributed by atoms with Gasteiger partial charge in [0.1, 0.15) is 18.2 Å². The summed E-state index contributed by atoms with van der Waals surface area (Å²) in [6.07, 6.45) is 2.00. The number of benzene rings is 2. The minimum atomic E-state index is -0.353. The van der Waals surface area contributed by atoms with Crippen LogP contribution < -0.4 is 15.3 Å². The lowest BCUT2D eigenvalue weighted by Crippen LogP contribution is -2.58. The number of amides is 1. The number of halogens is 1. The normalized spacial score (nSPS) is 21.6. The summed E-state index contributed by atoms with van der Waals surface area (Å²) in [4.78, 5) is 37.5. The van der Waals surface area contributed by atoms with Crippen molar-refractivity contribution in [3.63, 3.8) is 0 Å². The lowest BCUT2D eigenvalue weighted by atomic mass is 9.91. The monoisotopic (exact) mass is 621 g/mol. The standard InChI is InChI=1S/C33H40FN5O4.CH4O/c1-6-23-9-8-10-26(34)29(23)28-20(3)15-25-30-31(28)43-19-24(18-36-11-13-42-14-12-36)39(30)33(41)35-32(25)38-17-21(4)37(16-22(38)5)27(40)7-2;1-2/h7-10,15,21-22,24H,2,6,11-14,16-19H2,1,3-5H3;2H,1H3/t21-,22?,24?;/m1./s1. The Bertz CT molecular complexity index is 1640. The summed E-state index contributed by atoms with van der Waals surface area (Å²) in [5, 5.41) is 7.79. The third-order valence-electron chi connectivity index (χ3n) is 9.15. The van der Waals surface area contributed by atoms with Gasteiger partial charge in [0.05, 0.1) is 24.8 Å². The topological polar surface area (TPSA) is 100 Å². The predicted molar refractivity (Wildman–Crippen MR) is 174 cm³/mol. The van der Waals surface area contributed by atoms with E-state index in [1.165, 1.54) is 12.1 Å². The fourth-order valence-electron chi connectivity index (χ4n) is 6.96. The molecule has 3 aliphatic rings. The number of carbonyl (C=O) groups excluding carboxylic acids is 1. The third kappa shape index (κ3) is 5.96. The number of nitrogens with zero attached hydrogens (tertiary/aromatic N) is 5. The van der Waals surface area contributed by atoms with E-state index in [0.29, 0.717) is 67.5 Å². The molecule has 4 heterocycles. The number of aryl methyl sites for hydroxylation is 2. The predicted octanol–water partition coefficient (Wildman–Crippen LogP) is 3.56. The highest BCUT2D eigenvalue weighted by Gasteiger charge is 2.36. The molecule has 0 spiro atoms. The average molecular weight is 622 g/mol. The van der Waals surface area contributed by atoms with Gasteiger partial charge in [0.2, 0.25) is 5.91 Å². The molecule has 2 saturated heterocycles. The van der Waals surface area contributed by atoms with Crippen LogP contribution in [0.5, 0.6) is 5.75 Å². The average Bonchev–Trinajstić information content (AvgIpc) is 3.05. The van der Waals surface area contributed by atoms with Gasteiger partial charge in [0.25, 0.3) is 0 Å². The number of aliphatic hydroxyl groups is 1. The van der Waals surface area contributed by atoms with Crippen molar-refractivity contribution in [3.8, 4) is 16.9 Å². The van der Waals surface area contributed by atoms with Crippen LogP contribution in [0.4, 0.5) is 10.2 Å². The molecule has 2 fully saturated rings. The molecular formula is C34H44FN5O5. The Morgan fingerprint density at radius 2 is 1.89 bits per heavy atom. The number of hydrogen-bond acceptors (Lipinski definition) is 8. The molecule has 0 saturated carbocycles. The van der Waals surface area contributed by atoms with Gasteiger partial charge in [-0.05, 0) is 56.5 Å². The second-order valence-corrected chi connectivity index (χ2v) is 11.9. The van der Waals surface area contributed by atoms with E-state index in [-0.39, 0.29) is 42.1 Å². The molecule has 1 amide bonds. The van der Waals surface area contributed by atoms with E-state index in [4.69, 9.17) is 19.6 Å². The molecule has 11 heteroatoms. The summed E-state index contributed by atoms with van der Waals surface area (Å²) in [5.74, 6) is 0.665. The maximum Gasteiger partial charge on any atom is 0.350 e. The van der Waals surface area contributed by atoms with Crippen LogP contribution in [0.1, 0.15) is 37.9 Å². The van der Waals surface area contributed by atoms with Gasteiger partial charge in [0.15, 0.2) is 5.75 Å². The number of hydrogen-bond donors (Lipinski definition) is 1. The van der Waals surface area contributed by atoms with Crippen LogP contribution in [-0.2, 0) is 16.0 Å². The quantitative estimate of drug-likeness (QED) is 0.418. The highest BCUT2D eigenvalue weighted by Crippen LogP contribution is 2.46. The molecule has 1 aromatic heterocycles. The number of morpholine rings is 1. The van der Waals surface area contributed by atoms with Crippen LogP contribution >= 0.6 is 0 Å². The van der Waals surface area contributed by atoms with Crippen molar-refractivity contribution < 1.29 is 23.8 Å². The number of carbonyl (C=O) groups is 1. The van der Waals surface area contributed by atoms with Crippen molar-refractivity contribution in [1.82, 2.24) is 19.4 Å². The SMILES string of the molecule is C=CC(=O)N1CC(C)N(c2nc(=O)n3c4c(c(-c5c(F)cccc5CC)c(C)cc24)OCC3CN2CCOCC2)C[C@H]1C.CO. The fraction of sp³-hybridized carbons (Fsp3) is 0.500. The van der Waals surface area contributed by atoms with Gasteiger partial charge in [-0.25, -0.2) is 9.18 Å². The van der Waals surface area contributed by atoms with E-state index in [0.717, 1.165) is 36.7 Å². The lowest BCUT2D eigenvalue weighted by molar-refractivity contribution is -0.128. The van der Waals surface area contributed by atoms with Crippen LogP contribution in [0.15, 0.2) is 41.7 Å². The first-order valence-corrected chi connectivity index (χ1v) is 15.7. The molecule has 2 aromatic carbocycles. The van der Waals surface area contributed by atoms with Crippen molar-refractivity contribution in [1.29, 1.82) is 0 Å². The van der Waals surface area contributed by atoms with E-state index in [2.05, 4.69) is 16.4 Å². The first-order valence-electron chi connectivity index (χ1n) is 15.7. The second kappa shape index (κ2) is 13.7. The van der Waals surface area contributed by atoms with Gasteiger partial charge in [-0.15, -0.1) is 0 Å². The fourth-order valence-corrected chi connectivity index (χ4v) is 6.96. The number of aromatic nitrogens is 2. The van der Waals surface area contributed by atoms with Crippen LogP contribution in [0.3, 0.4) is 0 Å². The molecule has 0 aliphatic carbocycles. The number of aliphatic hydroxyl groups excluding tert-OH is 1. The number of piperazine rings is 1. The summed E-state index contributed by atoms with van der Waals surface area (Å²) < 4.78 is 29.5. The second-order valence-electron chi connectivity index (χ2n) is 11.9. The van der Waals surface area contributed by atoms with Crippen molar-refractivity contribution in [2.45, 2.75) is 52.2 Å². The summed E-state index contributed by atoms with van der Waals surface area (Å²) in [7, 11) is 1.00. The lowest BCUT2D eigenvalue weighted by Gasteiger charge is -2.45. The molecule has 6 rings (SSSR count). The van der Waals surface area contributed by atoms with Gasteiger partial charge < -0.3 is 24.4 Å². The highest BCUT2D eigenvalue weighted by molar-refractivity contribution is 6.01. The van der Waals surface area contributed by atoms with Crippen LogP contribution in [0, 0.1) is 12.7 Å². The van der Waals surface area contributed by atoms with E-state index < -0.39 is 0 Å². The van der Waals surface area contributed by atoms with Crippen LogP contribution in [-0.4, -0.2) is 102 Å². The Balaban J connectivity index is 0.00000196. The minimum Gasteiger partial charge on any atom is -0.488 e. The first-order chi connectivity index (χ1) is 21.7. The maximum atomic E-state index is 15.6. The van der Waals surface area contributed by atoms with Crippen molar-refractivity contribution in [2.24, 2.45) is 0 Å². The summed E-state index contributed by atoms with van der Waals surface area (Å²) in [6.45, 7) is 16.4. The van der Waals surface area contributed by atoms with E-state index >= 15 is 4.39 Å². The Labute approximate surface area is 263 Å². The Kier molecular flexibility index (Phi) is 9.91. The molecular weight excluding hydrogens is 577 g/mol. The molecule has 242 valence electrons. The zero-order valence-electron chi connectivity index (χ0n) is 26.9. The Morgan fingerprint density at radius 1 is 1.16 bits per heavy atom. The molecule has 3 atom stereocenters. The molecule has 0 radical (unpaired) electrons. The van der Waals surface area contributed by atoms with Crippen molar-refractivity contribution >= 4 is 22.6 Å². The number of rotatable bonds is 6. The van der Waals surface area contributed by atoms with Gasteiger partial charge in [-0.2, -0.15) is 4.98 Å². The van der Waals surface area contributed by atoms with Crippen molar-refractivity contribution in [3.05, 3.63) is 64.3 Å². The first kappa shape index (κ1) is 32.6. The molecule has 45 heavy (non-hydrogen) atoms. The Hall–Kier alpha value is -3.80. The van der Waals surface area contributed by atoms with Gasteiger partial charge in [0, 0.05) is 68.4 Å². The molecule has 2 unspecified atom stereocenters. The number of anilines is 1. The van der Waals surface area contributed by atoms with Gasteiger partial charge in [-0.3, -0.25) is 14.3 Å². The summed E-state index contributed by atoms with van der Waals surface area (Å²) in [6, 6.07) is 6.71. The summed E-state index contributed by atoms with van der Waals surface area (Å²) >= 11 is 0. The number of ether oxygens (including phenoxy) is 2. The minimum absolute atomic E-state index is 0.0965. The van der Waals surface area contributed by atoms with E-state index in [9.17, 15) is 9.59 Å². The Morgan fingerprint density at radius 3 is 2.58 bits per heavy atom. The highest BCUT2D eigenvalue weighted by atomic mass is 19.1. The summed E-state index contributed by atoms with van der Waals surface area (Å²) in [5.41, 5.74) is 3.22. The molecule has 1 N–H and O–H groups in total. The van der Waals surface area contributed by atoms with Crippen molar-refractivity contribution in [2.75, 3.05) is 64.6 Å². The smallest absolute Gasteiger partial charge is 0.350 e. The van der Waals surface area contributed by atoms with Gasteiger partial charge in [-0.1, -0.05) is 25.6 Å². The zero-order valence-corrected chi connectivity index (χ0v) is 26.9. The maximum absolute atomic E-state index is 15.6.